The van der Waals surface area contributed by atoms with E-state index in [1.54, 1.807) is 13.2 Å². The van der Waals surface area contributed by atoms with E-state index in [1.807, 2.05) is 6.92 Å². The molecule has 1 saturated carbocycles. The number of methoxy groups -OCH3 is 2. The number of nitrogens with zero attached hydrogens (tertiary/aromatic N) is 3. The highest BCUT2D eigenvalue weighted by Crippen LogP contribution is 2.38. The van der Waals surface area contributed by atoms with Gasteiger partial charge in [0.2, 0.25) is 11.9 Å². The molecule has 1 amide bonds. The predicted molar refractivity (Wildman–Crippen MR) is 94.9 cm³/mol. The summed E-state index contributed by atoms with van der Waals surface area (Å²) in [5.74, 6) is 0.957. The summed E-state index contributed by atoms with van der Waals surface area (Å²) < 4.78 is 10.4. The van der Waals surface area contributed by atoms with Crippen molar-refractivity contribution in [2.75, 3.05) is 32.2 Å². The number of hydrogen-bond donors (Lipinski definition) is 1. The zero-order chi connectivity index (χ0) is 18.8. The highest BCUT2D eigenvalue weighted by Gasteiger charge is 2.43. The van der Waals surface area contributed by atoms with E-state index in [-0.39, 0.29) is 23.7 Å². The highest BCUT2D eigenvalue weighted by atomic mass is 16.5. The molecule has 0 radical (unpaired) electrons. The van der Waals surface area contributed by atoms with Crippen LogP contribution < -0.4 is 10.2 Å². The minimum atomic E-state index is -0.460. The van der Waals surface area contributed by atoms with Gasteiger partial charge in [0.05, 0.1) is 19.3 Å². The fourth-order valence-corrected chi connectivity index (χ4v) is 4.15. The molecule has 0 aromatic carbocycles. The summed E-state index contributed by atoms with van der Waals surface area (Å²) in [7, 11) is 3.04. The minimum absolute atomic E-state index is 0.0177. The average Bonchev–Trinajstić information content (AvgIpc) is 3.02. The molecule has 1 aromatic heterocycles. The molecule has 1 saturated heterocycles. The maximum absolute atomic E-state index is 11.8. The Morgan fingerprint density at radius 2 is 1.88 bits per heavy atom. The van der Waals surface area contributed by atoms with Crippen LogP contribution in [0.5, 0.6) is 0 Å². The van der Waals surface area contributed by atoms with Crippen molar-refractivity contribution in [3.05, 3.63) is 17.5 Å². The SMILES string of the molecule is COC(=O)c1cc(C)nc(N2C[C@H]3C[C@@H](NC(C)=O)[C@H](OC)C[C@H]3C2)n1. The smallest absolute Gasteiger partial charge is 0.356 e. The van der Waals surface area contributed by atoms with Crippen molar-refractivity contribution in [3.8, 4) is 0 Å². The Balaban J connectivity index is 1.77. The van der Waals surface area contributed by atoms with Gasteiger partial charge in [0.1, 0.15) is 0 Å². The molecular weight excluding hydrogens is 336 g/mol. The topological polar surface area (TPSA) is 93.7 Å². The van der Waals surface area contributed by atoms with Gasteiger partial charge in [0, 0.05) is 32.8 Å². The zero-order valence-electron chi connectivity index (χ0n) is 15.7. The van der Waals surface area contributed by atoms with E-state index >= 15 is 0 Å². The third-order valence-electron chi connectivity index (χ3n) is 5.33. The molecular formula is C18H26N4O4. The normalized spacial score (nSPS) is 27.8. The summed E-state index contributed by atoms with van der Waals surface area (Å²) in [4.78, 5) is 34.3. The number of aromatic nitrogens is 2. The fraction of sp³-hybridized carbons (Fsp3) is 0.667. The number of carbonyl (C=O) groups excluding carboxylic acids is 2. The first kappa shape index (κ1) is 18.6. The Bertz CT molecular complexity index is 696. The van der Waals surface area contributed by atoms with Crippen LogP contribution >= 0.6 is 0 Å². The highest BCUT2D eigenvalue weighted by molar-refractivity contribution is 5.87. The van der Waals surface area contributed by atoms with Gasteiger partial charge < -0.3 is 19.7 Å². The van der Waals surface area contributed by atoms with E-state index in [0.29, 0.717) is 17.8 Å². The molecule has 26 heavy (non-hydrogen) atoms. The van der Waals surface area contributed by atoms with Gasteiger partial charge in [-0.2, -0.15) is 0 Å². The third-order valence-corrected chi connectivity index (χ3v) is 5.33. The van der Waals surface area contributed by atoms with E-state index in [1.165, 1.54) is 14.0 Å². The summed E-state index contributed by atoms with van der Waals surface area (Å²) in [5, 5.41) is 3.02. The van der Waals surface area contributed by atoms with Crippen LogP contribution in [0.2, 0.25) is 0 Å². The molecule has 2 heterocycles. The number of carbonyl (C=O) groups is 2. The standard InChI is InChI=1S/C18H26N4O4/c1-10-5-15(17(24)26-4)21-18(19-10)22-8-12-6-14(20-11(2)23)16(25-3)7-13(12)9-22/h5,12-14,16H,6-9H2,1-4H3,(H,20,23)/t12-,13+,14-,16-/m1/s1. The second-order valence-electron chi connectivity index (χ2n) is 7.16. The van der Waals surface area contributed by atoms with Crippen molar-refractivity contribution in [1.82, 2.24) is 15.3 Å². The van der Waals surface area contributed by atoms with Crippen LogP contribution in [0.3, 0.4) is 0 Å². The number of ether oxygens (including phenoxy) is 2. The molecule has 8 heteroatoms. The molecule has 2 fully saturated rings. The van der Waals surface area contributed by atoms with Crippen molar-refractivity contribution in [2.24, 2.45) is 11.8 Å². The lowest BCUT2D eigenvalue weighted by Crippen LogP contribution is -2.49. The lowest BCUT2D eigenvalue weighted by Gasteiger charge is -2.37. The first-order chi connectivity index (χ1) is 12.4. The van der Waals surface area contributed by atoms with Gasteiger partial charge in [-0.1, -0.05) is 0 Å². The Morgan fingerprint density at radius 3 is 2.50 bits per heavy atom. The Hall–Kier alpha value is -2.22. The fourth-order valence-electron chi connectivity index (χ4n) is 4.15. The van der Waals surface area contributed by atoms with E-state index < -0.39 is 5.97 Å². The van der Waals surface area contributed by atoms with E-state index in [0.717, 1.165) is 31.6 Å². The molecule has 0 spiro atoms. The molecule has 2 aliphatic rings. The van der Waals surface area contributed by atoms with Crippen LogP contribution in [0.4, 0.5) is 5.95 Å². The van der Waals surface area contributed by atoms with Gasteiger partial charge in [0.15, 0.2) is 5.69 Å². The second kappa shape index (κ2) is 7.57. The number of nitrogens with one attached hydrogen (secondary N) is 1. The van der Waals surface area contributed by atoms with Crippen molar-refractivity contribution in [1.29, 1.82) is 0 Å². The second-order valence-corrected chi connectivity index (χ2v) is 7.16. The van der Waals surface area contributed by atoms with Crippen LogP contribution in [0.15, 0.2) is 6.07 Å². The molecule has 8 nitrogen and oxygen atoms in total. The molecule has 1 aliphatic heterocycles. The molecule has 1 aliphatic carbocycles. The Labute approximate surface area is 153 Å². The van der Waals surface area contributed by atoms with E-state index in [9.17, 15) is 9.59 Å². The van der Waals surface area contributed by atoms with Crippen molar-refractivity contribution >= 4 is 17.8 Å². The maximum atomic E-state index is 11.8. The van der Waals surface area contributed by atoms with Crippen molar-refractivity contribution < 1.29 is 19.1 Å². The summed E-state index contributed by atoms with van der Waals surface area (Å²) in [6.07, 6.45) is 1.77. The first-order valence-corrected chi connectivity index (χ1v) is 8.90. The molecule has 142 valence electrons. The monoisotopic (exact) mass is 362 g/mol. The third kappa shape index (κ3) is 3.80. The molecule has 1 aromatic rings. The largest absolute Gasteiger partial charge is 0.464 e. The predicted octanol–water partition coefficient (Wildman–Crippen LogP) is 0.938. The molecule has 1 N–H and O–H groups in total. The molecule has 0 unspecified atom stereocenters. The Kier molecular flexibility index (Phi) is 5.41. The zero-order valence-corrected chi connectivity index (χ0v) is 15.7. The average molecular weight is 362 g/mol. The van der Waals surface area contributed by atoms with E-state index in [4.69, 9.17) is 9.47 Å². The minimum Gasteiger partial charge on any atom is -0.464 e. The van der Waals surface area contributed by atoms with Gasteiger partial charge >= 0.3 is 5.97 Å². The van der Waals surface area contributed by atoms with Gasteiger partial charge in [-0.05, 0) is 37.7 Å². The van der Waals surface area contributed by atoms with Crippen LogP contribution in [-0.2, 0) is 14.3 Å². The van der Waals surface area contributed by atoms with Crippen molar-refractivity contribution in [2.45, 2.75) is 38.8 Å². The molecule has 3 rings (SSSR count). The molecule has 0 bridgehead atoms. The summed E-state index contributed by atoms with van der Waals surface area (Å²) >= 11 is 0. The Morgan fingerprint density at radius 1 is 1.19 bits per heavy atom. The van der Waals surface area contributed by atoms with Crippen LogP contribution in [0, 0.1) is 18.8 Å². The number of fused-ring (bicyclic) bond motifs is 1. The van der Waals surface area contributed by atoms with Crippen LogP contribution in [-0.4, -0.2) is 61.3 Å². The molecule has 4 atom stereocenters. The lowest BCUT2D eigenvalue weighted by atomic mass is 9.77. The number of aryl methyl sites for hydroxylation is 1. The number of amides is 1. The van der Waals surface area contributed by atoms with Crippen LogP contribution in [0.25, 0.3) is 0 Å². The number of hydrogen-bond acceptors (Lipinski definition) is 7. The quantitative estimate of drug-likeness (QED) is 0.797. The number of rotatable bonds is 4. The summed E-state index contributed by atoms with van der Waals surface area (Å²) in [6, 6.07) is 1.66. The summed E-state index contributed by atoms with van der Waals surface area (Å²) in [5.41, 5.74) is 1.01. The van der Waals surface area contributed by atoms with Gasteiger partial charge in [0.25, 0.3) is 0 Å². The van der Waals surface area contributed by atoms with Gasteiger partial charge in [-0.25, -0.2) is 14.8 Å². The van der Waals surface area contributed by atoms with E-state index in [2.05, 4.69) is 20.2 Å². The number of anilines is 1. The first-order valence-electron chi connectivity index (χ1n) is 8.90. The number of esters is 1. The lowest BCUT2D eigenvalue weighted by molar-refractivity contribution is -0.121. The van der Waals surface area contributed by atoms with Crippen LogP contribution in [0.1, 0.15) is 35.9 Å². The summed E-state index contributed by atoms with van der Waals surface area (Å²) in [6.45, 7) is 5.01. The van der Waals surface area contributed by atoms with Gasteiger partial charge in [-0.15, -0.1) is 0 Å². The maximum Gasteiger partial charge on any atom is 0.356 e. The van der Waals surface area contributed by atoms with Gasteiger partial charge in [-0.3, -0.25) is 4.79 Å². The van der Waals surface area contributed by atoms with Crippen molar-refractivity contribution in [3.63, 3.8) is 0 Å².